The summed E-state index contributed by atoms with van der Waals surface area (Å²) in [5.41, 5.74) is 2.21. The normalized spacial score (nSPS) is 24.7. The second-order valence-electron chi connectivity index (χ2n) is 8.96. The Morgan fingerprint density at radius 2 is 2.00 bits per heavy atom. The van der Waals surface area contributed by atoms with Crippen LogP contribution in [0.25, 0.3) is 10.9 Å². The van der Waals surface area contributed by atoms with Crippen LogP contribution in [0.3, 0.4) is 0 Å². The summed E-state index contributed by atoms with van der Waals surface area (Å²) in [5, 5.41) is 13.0. The minimum Gasteiger partial charge on any atom is -0.358 e. The highest BCUT2D eigenvalue weighted by atomic mass is 19.1. The molecule has 0 radical (unpaired) electrons. The summed E-state index contributed by atoms with van der Waals surface area (Å²) in [6.07, 6.45) is 5.30. The number of carbonyl (C=O) groups is 2. The average Bonchev–Trinajstić information content (AvgIpc) is 3.45. The van der Waals surface area contributed by atoms with Gasteiger partial charge in [0.2, 0.25) is 11.8 Å². The number of halogens is 1. The quantitative estimate of drug-likeness (QED) is 0.818. The third kappa shape index (κ3) is 3.24. The largest absolute Gasteiger partial charge is 0.358 e. The van der Waals surface area contributed by atoms with E-state index >= 15 is 0 Å². The standard InChI is InChI=1S/C23H25FN4O2/c24-14-5-6-19-17(11-14)18-12-28(10-7-20(18)26-19)22(30)16-4-2-1-3-15(16)21(29)27-23(13-25)8-9-23/h5-6,11,15-16,26H,1-4,7-10,12H2,(H,27,29). The second kappa shape index (κ2) is 7.12. The molecular weight excluding hydrogens is 383 g/mol. The number of fused-ring (bicyclic) bond motifs is 3. The van der Waals surface area contributed by atoms with Crippen LogP contribution in [-0.2, 0) is 22.6 Å². The summed E-state index contributed by atoms with van der Waals surface area (Å²) < 4.78 is 13.8. The molecule has 0 spiro atoms. The van der Waals surface area contributed by atoms with Gasteiger partial charge in [-0.25, -0.2) is 4.39 Å². The van der Waals surface area contributed by atoms with E-state index in [9.17, 15) is 19.2 Å². The van der Waals surface area contributed by atoms with Crippen LogP contribution in [0.15, 0.2) is 18.2 Å². The van der Waals surface area contributed by atoms with Gasteiger partial charge in [0.05, 0.1) is 6.07 Å². The number of carbonyl (C=O) groups excluding carboxylic acids is 2. The molecule has 2 atom stereocenters. The van der Waals surface area contributed by atoms with Crippen LogP contribution >= 0.6 is 0 Å². The van der Waals surface area contributed by atoms with Crippen LogP contribution in [-0.4, -0.2) is 33.8 Å². The third-order valence-electron chi connectivity index (χ3n) is 7.00. The molecule has 1 aliphatic heterocycles. The first-order valence-electron chi connectivity index (χ1n) is 10.8. The second-order valence-corrected chi connectivity index (χ2v) is 8.96. The van der Waals surface area contributed by atoms with Crippen LogP contribution < -0.4 is 5.32 Å². The highest BCUT2D eigenvalue weighted by molar-refractivity contribution is 5.90. The zero-order valence-electron chi connectivity index (χ0n) is 16.8. The average molecular weight is 408 g/mol. The maximum absolute atomic E-state index is 13.8. The molecule has 156 valence electrons. The number of nitrogens with one attached hydrogen (secondary N) is 2. The molecule has 0 bridgehead atoms. The van der Waals surface area contributed by atoms with Crippen molar-refractivity contribution in [3.8, 4) is 6.07 Å². The number of H-pyrrole nitrogens is 1. The maximum atomic E-state index is 13.8. The first kappa shape index (κ1) is 19.1. The molecule has 5 rings (SSSR count). The van der Waals surface area contributed by atoms with Gasteiger partial charge < -0.3 is 15.2 Å². The van der Waals surface area contributed by atoms with Gasteiger partial charge in [0.25, 0.3) is 0 Å². The predicted octanol–water partition coefficient (Wildman–Crippen LogP) is 3.17. The Labute approximate surface area is 174 Å². The molecule has 2 unspecified atom stereocenters. The SMILES string of the molecule is N#CC1(NC(=O)C2CCCCC2C(=O)N2CCc3[nH]c4ccc(F)cc4c3C2)CC1. The molecule has 2 saturated carbocycles. The van der Waals surface area contributed by atoms with Gasteiger partial charge in [-0.1, -0.05) is 12.8 Å². The lowest BCUT2D eigenvalue weighted by Gasteiger charge is -2.36. The molecule has 2 aliphatic carbocycles. The number of hydrogen-bond acceptors (Lipinski definition) is 3. The summed E-state index contributed by atoms with van der Waals surface area (Å²) in [6, 6.07) is 6.89. The third-order valence-corrected chi connectivity index (χ3v) is 7.00. The van der Waals surface area contributed by atoms with Gasteiger partial charge in [0.1, 0.15) is 11.4 Å². The van der Waals surface area contributed by atoms with Crippen molar-refractivity contribution in [3.05, 3.63) is 35.3 Å². The van der Waals surface area contributed by atoms with Gasteiger partial charge in [0.15, 0.2) is 0 Å². The minimum atomic E-state index is -0.712. The van der Waals surface area contributed by atoms with Crippen molar-refractivity contribution in [3.63, 3.8) is 0 Å². The molecule has 1 aromatic carbocycles. The molecule has 6 nitrogen and oxygen atoms in total. The Kier molecular flexibility index (Phi) is 4.53. The fraction of sp³-hybridized carbons (Fsp3) is 0.522. The van der Waals surface area contributed by atoms with Crippen LogP contribution in [0, 0.1) is 29.0 Å². The number of aromatic amines is 1. The van der Waals surface area contributed by atoms with E-state index in [-0.39, 0.29) is 29.5 Å². The number of aromatic nitrogens is 1. The smallest absolute Gasteiger partial charge is 0.226 e. The van der Waals surface area contributed by atoms with Crippen molar-refractivity contribution in [2.24, 2.45) is 11.8 Å². The lowest BCUT2D eigenvalue weighted by molar-refractivity contribution is -0.144. The number of nitrogens with zero attached hydrogens (tertiary/aromatic N) is 2. The molecular formula is C23H25FN4O2. The molecule has 3 aliphatic rings. The Hall–Kier alpha value is -2.88. The van der Waals surface area contributed by atoms with E-state index in [1.807, 2.05) is 4.90 Å². The molecule has 1 aromatic heterocycles. The van der Waals surface area contributed by atoms with Gasteiger partial charge in [-0.05, 0) is 43.9 Å². The van der Waals surface area contributed by atoms with Gasteiger partial charge in [0, 0.05) is 53.5 Å². The van der Waals surface area contributed by atoms with E-state index in [4.69, 9.17) is 0 Å². The fourth-order valence-electron chi connectivity index (χ4n) is 5.07. The Morgan fingerprint density at radius 1 is 1.23 bits per heavy atom. The minimum absolute atomic E-state index is 0.00746. The van der Waals surface area contributed by atoms with Crippen LogP contribution in [0.2, 0.25) is 0 Å². The van der Waals surface area contributed by atoms with Gasteiger partial charge in [-0.3, -0.25) is 9.59 Å². The van der Waals surface area contributed by atoms with Crippen molar-refractivity contribution < 1.29 is 14.0 Å². The zero-order valence-corrected chi connectivity index (χ0v) is 16.8. The van der Waals surface area contributed by atoms with Crippen LogP contribution in [0.4, 0.5) is 4.39 Å². The first-order valence-corrected chi connectivity index (χ1v) is 10.8. The van der Waals surface area contributed by atoms with E-state index in [0.29, 0.717) is 45.2 Å². The van der Waals surface area contributed by atoms with E-state index in [1.165, 1.54) is 12.1 Å². The van der Waals surface area contributed by atoms with Crippen LogP contribution in [0.5, 0.6) is 0 Å². The van der Waals surface area contributed by atoms with E-state index in [1.54, 1.807) is 6.07 Å². The van der Waals surface area contributed by atoms with E-state index in [2.05, 4.69) is 16.4 Å². The lowest BCUT2D eigenvalue weighted by atomic mass is 9.77. The van der Waals surface area contributed by atoms with E-state index < -0.39 is 5.54 Å². The monoisotopic (exact) mass is 408 g/mol. The molecule has 2 fully saturated rings. The topological polar surface area (TPSA) is 89.0 Å². The molecule has 7 heteroatoms. The van der Waals surface area contributed by atoms with Crippen molar-refractivity contribution >= 4 is 22.7 Å². The van der Waals surface area contributed by atoms with Gasteiger partial charge in [-0.15, -0.1) is 0 Å². The molecule has 2 N–H and O–H groups in total. The summed E-state index contributed by atoms with van der Waals surface area (Å²) in [4.78, 5) is 31.5. The van der Waals surface area contributed by atoms with E-state index in [0.717, 1.165) is 35.0 Å². The summed E-state index contributed by atoms with van der Waals surface area (Å²) in [6.45, 7) is 1.03. The molecule has 2 aromatic rings. The highest BCUT2D eigenvalue weighted by Gasteiger charge is 2.47. The zero-order chi connectivity index (χ0) is 20.9. The fourth-order valence-corrected chi connectivity index (χ4v) is 5.07. The number of nitriles is 1. The van der Waals surface area contributed by atoms with Crippen molar-refractivity contribution in [1.29, 1.82) is 5.26 Å². The number of benzene rings is 1. The molecule has 2 amide bonds. The number of rotatable bonds is 3. The summed E-state index contributed by atoms with van der Waals surface area (Å²) >= 11 is 0. The maximum Gasteiger partial charge on any atom is 0.226 e. The highest BCUT2D eigenvalue weighted by Crippen LogP contribution is 2.38. The Bertz CT molecular complexity index is 1070. The predicted molar refractivity (Wildman–Crippen MR) is 109 cm³/mol. The number of hydrogen-bond donors (Lipinski definition) is 2. The summed E-state index contributed by atoms with van der Waals surface area (Å²) in [5.74, 6) is -1.16. The number of amides is 2. The summed E-state index contributed by atoms with van der Waals surface area (Å²) in [7, 11) is 0. The molecule has 0 saturated heterocycles. The van der Waals surface area contributed by atoms with Crippen molar-refractivity contribution in [1.82, 2.24) is 15.2 Å². The molecule has 2 heterocycles. The van der Waals surface area contributed by atoms with Crippen molar-refractivity contribution in [2.45, 2.75) is 57.0 Å². The van der Waals surface area contributed by atoms with Gasteiger partial charge in [-0.2, -0.15) is 5.26 Å². The van der Waals surface area contributed by atoms with Gasteiger partial charge >= 0.3 is 0 Å². The van der Waals surface area contributed by atoms with Crippen molar-refractivity contribution in [2.75, 3.05) is 6.54 Å². The first-order chi connectivity index (χ1) is 14.5. The lowest BCUT2D eigenvalue weighted by Crippen LogP contribution is -2.48. The molecule has 30 heavy (non-hydrogen) atoms. The van der Waals surface area contributed by atoms with Crippen LogP contribution in [0.1, 0.15) is 49.8 Å². The Balaban J connectivity index is 1.36. The Morgan fingerprint density at radius 3 is 2.73 bits per heavy atom.